The number of ketones is 1. The number of ether oxygens (including phenoxy) is 7. The number of pyridine rings is 1. The van der Waals surface area contributed by atoms with Gasteiger partial charge in [0.15, 0.2) is 0 Å². The van der Waals surface area contributed by atoms with Gasteiger partial charge in [0, 0.05) is 46.9 Å². The van der Waals surface area contributed by atoms with Gasteiger partial charge in [-0.05, 0) is 179 Å². The Kier molecular flexibility index (Phi) is 27.5. The van der Waals surface area contributed by atoms with E-state index in [0.717, 1.165) is 54.2 Å². The summed E-state index contributed by atoms with van der Waals surface area (Å²) in [6.45, 7) is 2.06. The van der Waals surface area contributed by atoms with Crippen LogP contribution in [0.3, 0.4) is 0 Å². The van der Waals surface area contributed by atoms with E-state index in [9.17, 15) is 73.1 Å². The van der Waals surface area contributed by atoms with Gasteiger partial charge in [-0.15, -0.1) is 0 Å². The summed E-state index contributed by atoms with van der Waals surface area (Å²) in [5.41, 5.74) is 4.44. The SMILES string of the molecule is COc1cccc(OCCCNC(=O)C(F)(F)F)c1C1=CC(NC(=O)C2(c3ccc(Cl)cc3)CC2)=NC1.COc1cccc(OCCCNC(=O)C(F)(F)F)c1C1=CC(NC(=O)C23CCC(C(C)=O)(CC2)CC3)=NC1.COc1cccc(OCCCNC(=O)C(F)(F)F)c1C1=CC(NC(=O)c2cc(OC)c3ccccc3n2)=NC1. The Balaban J connectivity index is 0.000000181. The number of benzene rings is 5. The second-order valence-electron chi connectivity index (χ2n) is 27.3. The third-order valence-electron chi connectivity index (χ3n) is 20.1. The molecule has 0 atom stereocenters. The molecule has 5 aromatic carbocycles. The van der Waals surface area contributed by atoms with E-state index in [1.165, 1.54) is 28.4 Å². The number of amidine groups is 3. The Morgan fingerprint density at radius 1 is 0.439 bits per heavy atom. The molecule has 0 radical (unpaired) electrons. The molecular weight excluding hydrogens is 1530 g/mol. The number of hydrogen-bond donors (Lipinski definition) is 6. The maximum atomic E-state index is 13.3. The van der Waals surface area contributed by atoms with Crippen LogP contribution in [0.4, 0.5) is 39.5 Å². The van der Waals surface area contributed by atoms with Crippen LogP contribution >= 0.6 is 11.6 Å². The molecule has 4 heterocycles. The topological polar surface area (TPSA) is 306 Å². The van der Waals surface area contributed by atoms with Gasteiger partial charge in [0.25, 0.3) is 5.91 Å². The molecule has 6 amide bonds. The van der Waals surface area contributed by atoms with Crippen LogP contribution in [0.2, 0.25) is 5.02 Å². The number of nitrogens with one attached hydrogen (secondary N) is 6. The number of Topliss-reactive ketones (excluding diaryl/α,β-unsaturated/α-hetero) is 1. The Morgan fingerprint density at radius 3 is 1.18 bits per heavy atom. The molecule has 4 fully saturated rings. The van der Waals surface area contributed by atoms with Gasteiger partial charge in [0.05, 0.1) is 95.5 Å². The lowest BCUT2D eigenvalue weighted by Gasteiger charge is -2.51. The highest BCUT2D eigenvalue weighted by Gasteiger charge is 2.55. The third-order valence-corrected chi connectivity index (χ3v) is 20.3. The summed E-state index contributed by atoms with van der Waals surface area (Å²) in [5.74, 6) is -1.83. The number of halogens is 10. The first-order valence-corrected chi connectivity index (χ1v) is 36.6. The van der Waals surface area contributed by atoms with Crippen molar-refractivity contribution in [3.05, 3.63) is 160 Å². The fourth-order valence-corrected chi connectivity index (χ4v) is 13.8. The maximum Gasteiger partial charge on any atom is 0.471 e. The highest BCUT2D eigenvalue weighted by molar-refractivity contribution is 6.30. The zero-order valence-electron chi connectivity index (χ0n) is 62.6. The molecule has 606 valence electrons. The molecule has 2 bridgehead atoms. The first-order valence-electron chi connectivity index (χ1n) is 36.2. The molecule has 4 saturated carbocycles. The fraction of sp³-hybridized carbons (Fsp3) is 0.388. The number of aromatic nitrogens is 1. The first-order chi connectivity index (χ1) is 54.3. The van der Waals surface area contributed by atoms with E-state index in [-0.39, 0.29) is 107 Å². The van der Waals surface area contributed by atoms with Crippen LogP contribution in [0.25, 0.3) is 27.6 Å². The molecule has 1 aromatic heterocycles. The van der Waals surface area contributed by atoms with Gasteiger partial charge in [-0.25, -0.2) is 4.98 Å². The molecule has 6 aromatic rings. The van der Waals surface area contributed by atoms with Gasteiger partial charge < -0.3 is 65.1 Å². The standard InChI is InChI=1S/C27H25F3N4O5.C27H32F3N3O5.C26H25ClF3N3O4/c1-37-20-9-5-10-21(39-12-6-11-31-26(36)27(28,29)30)24(20)16-13-23(32-15-16)34-25(35)19-14-22(38-2)17-7-3-4-8-18(17)33-19;1-17(34)25-7-10-26(11-8-25,12-9-25)23(35)33-21-15-18(16-32-21)22-19(37-2)5-3-6-20(22)38-14-4-13-31-24(36)27(28,29)30;1-36-19-4-2-5-20(37-13-3-12-31-24(35)26(28,29)30)22(19)16-14-21(32-15-16)33-23(34)25(10-11-25)17-6-8-18(27)9-7-17/h3-5,7-10,13-14H,6,11-12,15H2,1-2H3,(H,31,36)(H,32,34,35);3,5-6,15H,4,7-14,16H2,1-2H3,(H,31,36)(H,32,33,35);2,4-9,14H,3,10-13,15H2,1H3,(H,31,35)(H,32,33,34). The molecule has 13 rings (SSSR count). The van der Waals surface area contributed by atoms with Crippen LogP contribution in [0.15, 0.2) is 142 Å². The number of alkyl halides is 9. The van der Waals surface area contributed by atoms with Crippen molar-refractivity contribution < 1.29 is 106 Å². The van der Waals surface area contributed by atoms with E-state index in [1.807, 2.05) is 41.0 Å². The second kappa shape index (κ2) is 37.0. The monoisotopic (exact) mass is 1610 g/mol. The summed E-state index contributed by atoms with van der Waals surface area (Å²) < 4.78 is 150. The summed E-state index contributed by atoms with van der Waals surface area (Å²) in [7, 11) is 6.04. The van der Waals surface area contributed by atoms with Crippen LogP contribution in [0, 0.1) is 10.8 Å². The number of methoxy groups -OCH3 is 4. The molecule has 4 aliphatic carbocycles. The number of para-hydroxylation sites is 1. The summed E-state index contributed by atoms with van der Waals surface area (Å²) in [6.07, 6.45) is -3.31. The van der Waals surface area contributed by atoms with Crippen molar-refractivity contribution in [1.82, 2.24) is 36.9 Å². The molecule has 7 aliphatic rings. The minimum atomic E-state index is -4.93. The van der Waals surface area contributed by atoms with Gasteiger partial charge >= 0.3 is 36.3 Å². The van der Waals surface area contributed by atoms with Crippen molar-refractivity contribution in [2.24, 2.45) is 25.8 Å². The van der Waals surface area contributed by atoms with Gasteiger partial charge in [0.2, 0.25) is 11.8 Å². The predicted octanol–water partition coefficient (Wildman–Crippen LogP) is 12.3. The molecule has 0 saturated heterocycles. The fourth-order valence-electron chi connectivity index (χ4n) is 13.7. The van der Waals surface area contributed by atoms with Crippen LogP contribution in [-0.4, -0.2) is 170 Å². The highest BCUT2D eigenvalue weighted by atomic mass is 35.5. The van der Waals surface area contributed by atoms with Crippen LogP contribution < -0.4 is 65.1 Å². The van der Waals surface area contributed by atoms with Crippen molar-refractivity contribution in [2.45, 2.75) is 101 Å². The minimum Gasteiger partial charge on any atom is -0.496 e. The minimum absolute atomic E-state index is 0.0471. The predicted molar refractivity (Wildman–Crippen MR) is 405 cm³/mol. The highest BCUT2D eigenvalue weighted by Crippen LogP contribution is 2.57. The first kappa shape index (κ1) is 84.9. The third kappa shape index (κ3) is 20.8. The summed E-state index contributed by atoms with van der Waals surface area (Å²) >= 11 is 5.98. The molecular formula is C80H82ClF9N10O14. The quantitative estimate of drug-likeness (QED) is 0.0206. The van der Waals surface area contributed by atoms with E-state index in [4.69, 9.17) is 44.8 Å². The van der Waals surface area contributed by atoms with Gasteiger partial charge in [-0.3, -0.25) is 48.5 Å². The summed E-state index contributed by atoms with van der Waals surface area (Å²) in [5, 5.41) is 15.5. The molecule has 24 nitrogen and oxygen atoms in total. The van der Waals surface area contributed by atoms with E-state index < -0.39 is 53.0 Å². The number of aliphatic imine (C=N–C) groups is 3. The zero-order chi connectivity index (χ0) is 82.2. The molecule has 0 unspecified atom stereocenters. The number of amides is 6. The van der Waals surface area contributed by atoms with Crippen molar-refractivity contribution in [3.8, 4) is 40.2 Å². The normalized spacial score (nSPS) is 17.7. The Labute approximate surface area is 653 Å². The number of fused-ring (bicyclic) bond motifs is 4. The zero-order valence-corrected chi connectivity index (χ0v) is 63.3. The smallest absolute Gasteiger partial charge is 0.471 e. The van der Waals surface area contributed by atoms with Crippen molar-refractivity contribution >= 4 is 98.0 Å². The van der Waals surface area contributed by atoms with E-state index in [2.05, 4.69) is 35.9 Å². The van der Waals surface area contributed by atoms with Crippen molar-refractivity contribution in [2.75, 3.05) is 87.5 Å². The van der Waals surface area contributed by atoms with E-state index in [0.29, 0.717) is 110 Å². The summed E-state index contributed by atoms with van der Waals surface area (Å²) in [4.78, 5) is 102. The number of carbonyl (C=O) groups is 7. The van der Waals surface area contributed by atoms with Gasteiger partial charge in [-0.1, -0.05) is 54.1 Å². The van der Waals surface area contributed by atoms with Crippen LogP contribution in [0.1, 0.15) is 110 Å². The molecule has 3 aliphatic heterocycles. The number of rotatable bonds is 27. The van der Waals surface area contributed by atoms with Crippen molar-refractivity contribution in [3.63, 3.8) is 0 Å². The van der Waals surface area contributed by atoms with Gasteiger partial charge in [0.1, 0.15) is 69.2 Å². The lowest BCUT2D eigenvalue weighted by Crippen LogP contribution is -2.52. The van der Waals surface area contributed by atoms with Crippen molar-refractivity contribution in [1.29, 1.82) is 0 Å². The largest absolute Gasteiger partial charge is 0.496 e. The average molecular weight is 1610 g/mol. The molecule has 114 heavy (non-hydrogen) atoms. The summed E-state index contributed by atoms with van der Waals surface area (Å²) in [6, 6.07) is 31.6. The van der Waals surface area contributed by atoms with E-state index in [1.54, 1.807) is 109 Å². The maximum absolute atomic E-state index is 13.3. The number of nitrogens with zero attached hydrogens (tertiary/aromatic N) is 4. The lowest BCUT2D eigenvalue weighted by molar-refractivity contribution is -0.173. The Hall–Kier alpha value is -11.5. The number of carbonyl (C=O) groups excluding carboxylic acids is 7. The Bertz CT molecular complexity index is 4780. The average Bonchev–Trinajstić information content (AvgIpc) is 1.40. The van der Waals surface area contributed by atoms with Gasteiger partial charge in [-0.2, -0.15) is 39.5 Å². The lowest BCUT2D eigenvalue weighted by atomic mass is 9.52. The molecule has 0 spiro atoms. The van der Waals surface area contributed by atoms with Crippen LogP contribution in [0.5, 0.6) is 40.2 Å². The molecule has 6 N–H and O–H groups in total. The molecule has 34 heteroatoms. The number of hydrogen-bond acceptors (Lipinski definition) is 18. The van der Waals surface area contributed by atoms with E-state index >= 15 is 0 Å². The Morgan fingerprint density at radius 2 is 0.807 bits per heavy atom. The second-order valence-corrected chi connectivity index (χ2v) is 27.7. The van der Waals surface area contributed by atoms with Crippen LogP contribution in [-0.2, 0) is 34.2 Å².